The first kappa shape index (κ1) is 37.3. The minimum Gasteiger partial charge on any atom is -0.465 e. The van der Waals surface area contributed by atoms with Gasteiger partial charge in [0.15, 0.2) is 0 Å². The molecule has 0 saturated carbocycles. The molecule has 3 fully saturated rings. The average molecular weight is 737 g/mol. The van der Waals surface area contributed by atoms with Gasteiger partial charge in [-0.2, -0.15) is 0 Å². The molecule has 286 valence electrons. The molecule has 4 aromatic rings. The highest BCUT2D eigenvalue weighted by molar-refractivity contribution is 5.86. The third kappa shape index (κ3) is 7.78. The van der Waals surface area contributed by atoms with E-state index >= 15 is 0 Å². The summed E-state index contributed by atoms with van der Waals surface area (Å²) in [6.45, 7) is 8.49. The summed E-state index contributed by atoms with van der Waals surface area (Å²) in [6, 6.07) is 15.7. The molecule has 0 aliphatic carbocycles. The van der Waals surface area contributed by atoms with E-state index in [1.54, 1.807) is 11.1 Å². The van der Waals surface area contributed by atoms with Crippen molar-refractivity contribution in [1.29, 1.82) is 0 Å². The molecule has 13 nitrogen and oxygen atoms in total. The second kappa shape index (κ2) is 16.2. The maximum Gasteiger partial charge on any atom is 0.407 e. The standard InChI is InChI=1S/C41H52N8O5/c1-25(2)36(47(4)41(52)53)40(51)49-20-6-8-35(49)38-43-24-33(46-38)30-15-11-28(12-16-30)27-9-13-29(14-10-27)32-23-42-37(45-32)34-7-5-19-48(34)39(50)26(3)44-31-17-21-54-22-18-31/h9-16,23-26,31,34-36,44H,5-8,17-22H2,1-4H3,(H,42,45)(H,43,46)(H,52,53)/t26-,34+,35+,36+/m1/s1. The number of hydrogen-bond acceptors (Lipinski definition) is 7. The van der Waals surface area contributed by atoms with Gasteiger partial charge in [-0.05, 0) is 73.6 Å². The van der Waals surface area contributed by atoms with E-state index < -0.39 is 12.1 Å². The van der Waals surface area contributed by atoms with E-state index in [2.05, 4.69) is 68.8 Å². The van der Waals surface area contributed by atoms with Gasteiger partial charge in [-0.3, -0.25) is 14.5 Å². The van der Waals surface area contributed by atoms with Crippen molar-refractivity contribution in [2.45, 2.75) is 89.5 Å². The summed E-state index contributed by atoms with van der Waals surface area (Å²) >= 11 is 0. The number of aromatic amines is 2. The SMILES string of the molecule is CC(C)[C@@H](C(=O)N1CCC[C@H]1c1ncc(-c2ccc(-c3ccc(-c4cnc([C@@H]5CCCN5C(=O)[C@@H](C)NC5CCOCC5)[nH]4)cc3)cc2)[nH]1)N(C)C(=O)O. The smallest absolute Gasteiger partial charge is 0.407 e. The number of aromatic nitrogens is 4. The monoisotopic (exact) mass is 736 g/mol. The zero-order valence-corrected chi connectivity index (χ0v) is 31.6. The molecule has 0 radical (unpaired) electrons. The van der Waals surface area contributed by atoms with E-state index in [0.717, 1.165) is 103 Å². The zero-order chi connectivity index (χ0) is 37.9. The Kier molecular flexibility index (Phi) is 11.2. The Morgan fingerprint density at radius 1 is 0.759 bits per heavy atom. The Labute approximate surface area is 316 Å². The Morgan fingerprint density at radius 3 is 1.69 bits per heavy atom. The Hall–Kier alpha value is -5.01. The molecule has 0 spiro atoms. The fourth-order valence-electron chi connectivity index (χ4n) is 8.34. The summed E-state index contributed by atoms with van der Waals surface area (Å²) in [7, 11) is 1.46. The first-order valence-electron chi connectivity index (χ1n) is 19.3. The highest BCUT2D eigenvalue weighted by Gasteiger charge is 2.40. The van der Waals surface area contributed by atoms with Gasteiger partial charge in [-0.15, -0.1) is 0 Å². The van der Waals surface area contributed by atoms with Gasteiger partial charge in [-0.25, -0.2) is 14.8 Å². The highest BCUT2D eigenvalue weighted by Crippen LogP contribution is 2.35. The van der Waals surface area contributed by atoms with Gasteiger partial charge >= 0.3 is 6.09 Å². The number of imidazole rings is 2. The second-order valence-corrected chi connectivity index (χ2v) is 15.3. The third-order valence-corrected chi connectivity index (χ3v) is 11.3. The molecular formula is C41H52N8O5. The predicted octanol–water partition coefficient (Wildman–Crippen LogP) is 6.25. The fourth-order valence-corrected chi connectivity index (χ4v) is 8.34. The second-order valence-electron chi connectivity index (χ2n) is 15.3. The fraction of sp³-hybridized carbons (Fsp3) is 0.488. The molecule has 3 aliphatic rings. The third-order valence-electron chi connectivity index (χ3n) is 11.3. The lowest BCUT2D eigenvalue weighted by Gasteiger charge is -2.33. The van der Waals surface area contributed by atoms with Crippen LogP contribution in [0, 0.1) is 5.92 Å². The lowest BCUT2D eigenvalue weighted by Crippen LogP contribution is -2.51. The molecule has 3 saturated heterocycles. The number of carbonyl (C=O) groups excluding carboxylic acids is 2. The summed E-state index contributed by atoms with van der Waals surface area (Å²) < 4.78 is 5.47. The maximum atomic E-state index is 13.6. The first-order valence-corrected chi connectivity index (χ1v) is 19.3. The molecule has 2 aromatic heterocycles. The van der Waals surface area contributed by atoms with Crippen LogP contribution in [0.4, 0.5) is 4.79 Å². The Morgan fingerprint density at radius 2 is 1.22 bits per heavy atom. The van der Waals surface area contributed by atoms with E-state index in [9.17, 15) is 19.5 Å². The number of amides is 3. The van der Waals surface area contributed by atoms with Crippen LogP contribution in [0.1, 0.15) is 83.0 Å². The lowest BCUT2D eigenvalue weighted by molar-refractivity contribution is -0.138. The number of hydrogen-bond donors (Lipinski definition) is 4. The van der Waals surface area contributed by atoms with Crippen LogP contribution >= 0.6 is 0 Å². The number of nitrogens with zero attached hydrogens (tertiary/aromatic N) is 5. The normalized spacial score (nSPS) is 20.4. The Balaban J connectivity index is 0.984. The number of likely N-dealkylation sites (tertiary alicyclic amines) is 2. The van der Waals surface area contributed by atoms with Gasteiger partial charge < -0.3 is 34.9 Å². The number of ether oxygens (including phenoxy) is 1. The van der Waals surface area contributed by atoms with Crippen LogP contribution in [-0.2, 0) is 14.3 Å². The number of carboxylic acid groups (broad SMARTS) is 1. The summed E-state index contributed by atoms with van der Waals surface area (Å²) in [6.07, 6.45) is 7.85. The molecule has 2 aromatic carbocycles. The first-order chi connectivity index (χ1) is 26.1. The van der Waals surface area contributed by atoms with Crippen LogP contribution in [0.3, 0.4) is 0 Å². The number of likely N-dealkylation sites (N-methyl/N-ethyl adjacent to an activating group) is 1. The lowest BCUT2D eigenvalue weighted by atomic mass is 10.0. The van der Waals surface area contributed by atoms with Crippen LogP contribution < -0.4 is 5.32 Å². The molecule has 7 rings (SSSR count). The van der Waals surface area contributed by atoms with E-state index in [4.69, 9.17) is 9.72 Å². The molecule has 3 amide bonds. The van der Waals surface area contributed by atoms with Crippen molar-refractivity contribution in [3.05, 3.63) is 72.6 Å². The van der Waals surface area contributed by atoms with Gasteiger partial charge in [0.25, 0.3) is 0 Å². The van der Waals surface area contributed by atoms with Crippen molar-refractivity contribution in [2.24, 2.45) is 5.92 Å². The van der Waals surface area contributed by atoms with Crippen LogP contribution in [0.5, 0.6) is 0 Å². The molecule has 0 unspecified atom stereocenters. The zero-order valence-electron chi connectivity index (χ0n) is 31.6. The number of nitrogens with one attached hydrogen (secondary N) is 3. The molecule has 13 heteroatoms. The van der Waals surface area contributed by atoms with Gasteiger partial charge in [0.2, 0.25) is 11.8 Å². The predicted molar refractivity (Wildman–Crippen MR) is 205 cm³/mol. The number of H-pyrrole nitrogens is 2. The van der Waals surface area contributed by atoms with Crippen molar-refractivity contribution in [3.8, 4) is 33.6 Å². The van der Waals surface area contributed by atoms with Gasteiger partial charge in [0.1, 0.15) is 17.7 Å². The van der Waals surface area contributed by atoms with E-state index in [1.165, 1.54) is 7.05 Å². The highest BCUT2D eigenvalue weighted by atomic mass is 16.5. The van der Waals surface area contributed by atoms with Gasteiger partial charge in [0, 0.05) is 39.4 Å². The molecular weight excluding hydrogens is 685 g/mol. The molecule has 3 aliphatic heterocycles. The number of carbonyl (C=O) groups is 3. The van der Waals surface area contributed by atoms with Gasteiger partial charge in [-0.1, -0.05) is 62.4 Å². The van der Waals surface area contributed by atoms with Crippen molar-refractivity contribution in [2.75, 3.05) is 33.4 Å². The quantitative estimate of drug-likeness (QED) is 0.141. The van der Waals surface area contributed by atoms with E-state index in [-0.39, 0.29) is 35.9 Å². The van der Waals surface area contributed by atoms with Crippen LogP contribution in [-0.4, -0.2) is 109 Å². The van der Waals surface area contributed by atoms with Crippen molar-refractivity contribution in [3.63, 3.8) is 0 Å². The van der Waals surface area contributed by atoms with Gasteiger partial charge in [0.05, 0.1) is 41.9 Å². The maximum absolute atomic E-state index is 13.6. The summed E-state index contributed by atoms with van der Waals surface area (Å²) in [4.78, 5) is 60.0. The van der Waals surface area contributed by atoms with Crippen LogP contribution in [0.15, 0.2) is 60.9 Å². The largest absolute Gasteiger partial charge is 0.465 e. The summed E-state index contributed by atoms with van der Waals surface area (Å²) in [5.41, 5.74) is 5.95. The molecule has 54 heavy (non-hydrogen) atoms. The van der Waals surface area contributed by atoms with Crippen LogP contribution in [0.25, 0.3) is 33.6 Å². The summed E-state index contributed by atoms with van der Waals surface area (Å²) in [5.74, 6) is 1.32. The molecule has 5 heterocycles. The molecule has 4 atom stereocenters. The summed E-state index contributed by atoms with van der Waals surface area (Å²) in [5, 5.41) is 13.1. The minimum atomic E-state index is -1.12. The minimum absolute atomic E-state index is 0.0587. The van der Waals surface area contributed by atoms with E-state index in [1.807, 2.05) is 31.9 Å². The topological polar surface area (TPSA) is 160 Å². The van der Waals surface area contributed by atoms with Crippen molar-refractivity contribution in [1.82, 2.24) is 40.0 Å². The number of rotatable bonds is 11. The van der Waals surface area contributed by atoms with Crippen LogP contribution in [0.2, 0.25) is 0 Å². The molecule has 0 bridgehead atoms. The van der Waals surface area contributed by atoms with Crippen molar-refractivity contribution >= 4 is 17.9 Å². The Bertz CT molecular complexity index is 1920. The molecule has 4 N–H and O–H groups in total. The number of benzene rings is 2. The average Bonchev–Trinajstić information content (AvgIpc) is 4.02. The van der Waals surface area contributed by atoms with Crippen molar-refractivity contribution < 1.29 is 24.2 Å². The van der Waals surface area contributed by atoms with E-state index in [0.29, 0.717) is 18.4 Å².